The van der Waals surface area contributed by atoms with Gasteiger partial charge in [-0.1, -0.05) is 0 Å². The minimum Gasteiger partial charge on any atom is -0.478 e. The fourth-order valence-corrected chi connectivity index (χ4v) is 1.19. The van der Waals surface area contributed by atoms with Gasteiger partial charge in [0.25, 0.3) is 5.56 Å². The van der Waals surface area contributed by atoms with E-state index in [0.717, 1.165) is 0 Å². The first-order valence-corrected chi connectivity index (χ1v) is 4.20. The molecule has 0 saturated heterocycles. The zero-order chi connectivity index (χ0) is 13.2. The summed E-state index contributed by atoms with van der Waals surface area (Å²) in [6, 6.07) is 0. The fourth-order valence-electron chi connectivity index (χ4n) is 1.19. The Balaban J connectivity index is 3.41. The van der Waals surface area contributed by atoms with Crippen LogP contribution in [0.3, 0.4) is 0 Å². The Morgan fingerprint density at radius 3 is 2.53 bits per heavy atom. The molecule has 0 fully saturated rings. The lowest BCUT2D eigenvalue weighted by Gasteiger charge is -2.12. The number of nitrogens with two attached hydrogens (primary N) is 1. The van der Waals surface area contributed by atoms with E-state index in [9.17, 15) is 22.8 Å². The van der Waals surface area contributed by atoms with E-state index in [2.05, 4.69) is 4.74 Å². The van der Waals surface area contributed by atoms with E-state index in [0.29, 0.717) is 6.20 Å². The van der Waals surface area contributed by atoms with E-state index in [4.69, 9.17) is 10.8 Å². The van der Waals surface area contributed by atoms with E-state index in [-0.39, 0.29) is 0 Å². The average molecular weight is 252 g/mol. The summed E-state index contributed by atoms with van der Waals surface area (Å²) < 4.78 is 39.4. The van der Waals surface area contributed by atoms with Crippen molar-refractivity contribution in [1.29, 1.82) is 0 Å². The van der Waals surface area contributed by atoms with Gasteiger partial charge in [0.1, 0.15) is 5.56 Å². The number of ether oxygens (including phenoxy) is 1. The SMILES string of the molecule is NCc1c(C(=O)O)c(OC(F)(F)F)c[nH]c1=O. The molecular weight excluding hydrogens is 245 g/mol. The number of hydrogen-bond donors (Lipinski definition) is 3. The average Bonchev–Trinajstić information content (AvgIpc) is 2.17. The van der Waals surface area contributed by atoms with Crippen LogP contribution in [0.2, 0.25) is 0 Å². The number of carboxylic acid groups (broad SMARTS) is 1. The van der Waals surface area contributed by atoms with Crippen molar-refractivity contribution in [2.75, 3.05) is 0 Å². The third-order valence-corrected chi connectivity index (χ3v) is 1.80. The zero-order valence-electron chi connectivity index (χ0n) is 8.17. The molecule has 0 aliphatic rings. The van der Waals surface area contributed by atoms with Gasteiger partial charge in [-0.15, -0.1) is 13.2 Å². The number of aromatic nitrogens is 1. The van der Waals surface area contributed by atoms with Crippen LogP contribution in [0.4, 0.5) is 13.2 Å². The molecule has 1 aromatic heterocycles. The predicted molar refractivity (Wildman–Crippen MR) is 48.6 cm³/mol. The summed E-state index contributed by atoms with van der Waals surface area (Å²) in [7, 11) is 0. The highest BCUT2D eigenvalue weighted by Crippen LogP contribution is 2.26. The molecule has 9 heteroatoms. The second-order valence-corrected chi connectivity index (χ2v) is 2.89. The number of pyridine rings is 1. The normalized spacial score (nSPS) is 11.3. The third-order valence-electron chi connectivity index (χ3n) is 1.80. The van der Waals surface area contributed by atoms with Gasteiger partial charge in [0.05, 0.1) is 0 Å². The molecule has 0 atom stereocenters. The summed E-state index contributed by atoms with van der Waals surface area (Å²) in [5.74, 6) is -2.74. The van der Waals surface area contributed by atoms with Gasteiger partial charge in [0.2, 0.25) is 0 Å². The first-order valence-electron chi connectivity index (χ1n) is 4.20. The first-order chi connectivity index (χ1) is 7.76. The fraction of sp³-hybridized carbons (Fsp3) is 0.250. The molecule has 0 aliphatic heterocycles. The maximum Gasteiger partial charge on any atom is 0.573 e. The molecular formula is C8H7F3N2O4. The van der Waals surface area contributed by atoms with Crippen molar-refractivity contribution in [1.82, 2.24) is 4.98 Å². The lowest BCUT2D eigenvalue weighted by Crippen LogP contribution is -2.25. The zero-order valence-corrected chi connectivity index (χ0v) is 8.17. The van der Waals surface area contributed by atoms with Crippen LogP contribution in [-0.4, -0.2) is 22.4 Å². The van der Waals surface area contributed by atoms with Gasteiger partial charge in [0.15, 0.2) is 5.75 Å². The number of aromatic carboxylic acids is 1. The smallest absolute Gasteiger partial charge is 0.478 e. The molecule has 0 unspecified atom stereocenters. The molecule has 1 rings (SSSR count). The number of hydrogen-bond acceptors (Lipinski definition) is 4. The van der Waals surface area contributed by atoms with Gasteiger partial charge in [-0.25, -0.2) is 4.79 Å². The number of carboxylic acids is 1. The van der Waals surface area contributed by atoms with Gasteiger partial charge in [-0.05, 0) is 0 Å². The number of halogens is 3. The highest BCUT2D eigenvalue weighted by atomic mass is 19.4. The van der Waals surface area contributed by atoms with Crippen molar-refractivity contribution in [3.8, 4) is 5.75 Å². The molecule has 0 saturated carbocycles. The van der Waals surface area contributed by atoms with Crippen LogP contribution in [0.25, 0.3) is 0 Å². The van der Waals surface area contributed by atoms with E-state index >= 15 is 0 Å². The summed E-state index contributed by atoms with van der Waals surface area (Å²) in [5.41, 5.74) is 2.84. The van der Waals surface area contributed by atoms with Crippen molar-refractivity contribution in [3.05, 3.63) is 27.7 Å². The third kappa shape index (κ3) is 2.97. The molecule has 17 heavy (non-hydrogen) atoms. The first kappa shape index (κ1) is 13.0. The van der Waals surface area contributed by atoms with Gasteiger partial charge >= 0.3 is 12.3 Å². The van der Waals surface area contributed by atoms with Gasteiger partial charge < -0.3 is 20.6 Å². The molecule has 0 spiro atoms. The summed E-state index contributed by atoms with van der Waals surface area (Å²) in [5, 5.41) is 8.74. The van der Waals surface area contributed by atoms with Crippen LogP contribution < -0.4 is 16.0 Å². The van der Waals surface area contributed by atoms with Crippen LogP contribution >= 0.6 is 0 Å². The number of carbonyl (C=O) groups is 1. The Labute approximate surface area is 91.8 Å². The summed E-state index contributed by atoms with van der Waals surface area (Å²) in [6.07, 6.45) is -4.53. The Morgan fingerprint density at radius 2 is 2.12 bits per heavy atom. The van der Waals surface area contributed by atoms with Crippen molar-refractivity contribution < 1.29 is 27.8 Å². The van der Waals surface area contributed by atoms with Gasteiger partial charge in [-0.2, -0.15) is 0 Å². The van der Waals surface area contributed by atoms with Gasteiger partial charge in [-0.3, -0.25) is 4.79 Å². The number of nitrogens with one attached hydrogen (secondary N) is 1. The van der Waals surface area contributed by atoms with Crippen LogP contribution in [0.1, 0.15) is 15.9 Å². The van der Waals surface area contributed by atoms with Crippen molar-refractivity contribution in [2.45, 2.75) is 12.9 Å². The van der Waals surface area contributed by atoms with E-state index < -0.39 is 41.3 Å². The maximum atomic E-state index is 12.0. The van der Waals surface area contributed by atoms with E-state index in [1.54, 1.807) is 0 Å². The Kier molecular flexibility index (Phi) is 3.42. The Hall–Kier alpha value is -2.03. The number of rotatable bonds is 3. The Morgan fingerprint density at radius 1 is 1.53 bits per heavy atom. The summed E-state index contributed by atoms with van der Waals surface area (Å²) >= 11 is 0. The minimum atomic E-state index is -5.06. The predicted octanol–water partition coefficient (Wildman–Crippen LogP) is 0.430. The van der Waals surface area contributed by atoms with Crippen molar-refractivity contribution in [2.24, 2.45) is 5.73 Å². The second-order valence-electron chi connectivity index (χ2n) is 2.89. The molecule has 0 amide bonds. The Bertz CT molecular complexity index is 495. The molecule has 94 valence electrons. The lowest BCUT2D eigenvalue weighted by atomic mass is 10.1. The summed E-state index contributed by atoms with van der Waals surface area (Å²) in [6.45, 7) is -0.522. The molecule has 4 N–H and O–H groups in total. The molecule has 6 nitrogen and oxygen atoms in total. The highest BCUT2D eigenvalue weighted by molar-refractivity contribution is 5.92. The summed E-state index contributed by atoms with van der Waals surface area (Å²) in [4.78, 5) is 23.9. The monoisotopic (exact) mass is 252 g/mol. The standard InChI is InChI=1S/C8H7F3N2O4/c9-8(10,11)17-4-2-13-6(14)3(1-12)5(4)7(15)16/h2H,1,12H2,(H,13,14)(H,15,16). The second kappa shape index (κ2) is 4.45. The molecule has 0 aromatic carbocycles. The minimum absolute atomic E-state index is 0.487. The number of H-pyrrole nitrogens is 1. The number of aromatic amines is 1. The maximum absolute atomic E-state index is 12.0. The number of alkyl halides is 3. The van der Waals surface area contributed by atoms with Gasteiger partial charge in [0, 0.05) is 18.3 Å². The van der Waals surface area contributed by atoms with Crippen LogP contribution in [0.5, 0.6) is 5.75 Å². The molecule has 0 aliphatic carbocycles. The molecule has 1 aromatic rings. The highest BCUT2D eigenvalue weighted by Gasteiger charge is 2.34. The quantitative estimate of drug-likeness (QED) is 0.723. The molecule has 0 radical (unpaired) electrons. The van der Waals surface area contributed by atoms with Crippen molar-refractivity contribution >= 4 is 5.97 Å². The lowest BCUT2D eigenvalue weighted by molar-refractivity contribution is -0.274. The van der Waals surface area contributed by atoms with E-state index in [1.807, 2.05) is 4.98 Å². The van der Waals surface area contributed by atoms with Crippen molar-refractivity contribution in [3.63, 3.8) is 0 Å². The topological polar surface area (TPSA) is 105 Å². The van der Waals surface area contributed by atoms with Crippen LogP contribution in [0.15, 0.2) is 11.0 Å². The van der Waals surface area contributed by atoms with Crippen LogP contribution in [0, 0.1) is 0 Å². The van der Waals surface area contributed by atoms with Crippen LogP contribution in [-0.2, 0) is 6.54 Å². The van der Waals surface area contributed by atoms with E-state index in [1.165, 1.54) is 0 Å². The molecule has 0 bridgehead atoms. The largest absolute Gasteiger partial charge is 0.573 e. The molecule has 1 heterocycles.